The van der Waals surface area contributed by atoms with E-state index in [1.807, 2.05) is 35.7 Å². The summed E-state index contributed by atoms with van der Waals surface area (Å²) in [4.78, 5) is 14.2. The molecule has 0 bridgehead atoms. The number of thiophene rings is 1. The third-order valence-electron chi connectivity index (χ3n) is 5.77. The first-order valence-electron chi connectivity index (χ1n) is 11.6. The summed E-state index contributed by atoms with van der Waals surface area (Å²) in [6, 6.07) is 18.8. The van der Waals surface area contributed by atoms with Crippen molar-refractivity contribution in [1.82, 2.24) is 14.9 Å². The molecule has 2 N–H and O–H groups in total. The highest BCUT2D eigenvalue weighted by Gasteiger charge is 2.15. The molecule has 0 amide bonds. The van der Waals surface area contributed by atoms with Gasteiger partial charge < -0.3 is 25.2 Å². The molecular formula is C26H30N6OS. The molecule has 0 spiro atoms. The van der Waals surface area contributed by atoms with Gasteiger partial charge in [0.15, 0.2) is 0 Å². The lowest BCUT2D eigenvalue weighted by molar-refractivity contribution is 0.313. The van der Waals surface area contributed by atoms with Gasteiger partial charge in [-0.15, -0.1) is 11.3 Å². The standard InChI is InChI=1S/C26H30N6OS/c1-18(2)27-20-5-4-6-22(17-20)33-25-24-23(11-16-34-24)29-26(30-25)28-19-7-9-21(10-8-19)32-14-12-31(3)13-15-32/h4-11,16-18,27H,12-15H2,1-3H3,(H,28,29,30). The number of benzene rings is 2. The van der Waals surface area contributed by atoms with Crippen LogP contribution in [0.3, 0.4) is 0 Å². The quantitative estimate of drug-likeness (QED) is 0.351. The molecule has 2 aromatic carbocycles. The van der Waals surface area contributed by atoms with Gasteiger partial charge in [-0.3, -0.25) is 0 Å². The molecule has 4 aromatic rings. The number of nitrogens with one attached hydrogen (secondary N) is 2. The predicted molar refractivity (Wildman–Crippen MR) is 142 cm³/mol. The molecule has 1 saturated heterocycles. The lowest BCUT2D eigenvalue weighted by Crippen LogP contribution is -2.44. The molecule has 34 heavy (non-hydrogen) atoms. The topological polar surface area (TPSA) is 65.6 Å². The zero-order valence-corrected chi connectivity index (χ0v) is 20.6. The molecule has 3 heterocycles. The molecule has 0 saturated carbocycles. The van der Waals surface area contributed by atoms with E-state index in [0.29, 0.717) is 17.9 Å². The van der Waals surface area contributed by atoms with Crippen LogP contribution in [0.4, 0.5) is 23.0 Å². The molecule has 176 valence electrons. The Balaban J connectivity index is 1.35. The fraction of sp³-hybridized carbons (Fsp3) is 0.308. The second-order valence-electron chi connectivity index (χ2n) is 8.88. The Bertz CT molecular complexity index is 1250. The lowest BCUT2D eigenvalue weighted by atomic mass is 10.2. The highest BCUT2D eigenvalue weighted by atomic mass is 32.1. The van der Waals surface area contributed by atoms with Crippen molar-refractivity contribution in [2.75, 3.05) is 48.8 Å². The van der Waals surface area contributed by atoms with E-state index < -0.39 is 0 Å². The fourth-order valence-electron chi connectivity index (χ4n) is 4.01. The molecule has 2 aromatic heterocycles. The largest absolute Gasteiger partial charge is 0.437 e. The minimum absolute atomic E-state index is 0.344. The molecule has 1 aliphatic heterocycles. The maximum Gasteiger partial charge on any atom is 0.242 e. The van der Waals surface area contributed by atoms with Crippen molar-refractivity contribution in [2.24, 2.45) is 0 Å². The summed E-state index contributed by atoms with van der Waals surface area (Å²) < 4.78 is 7.16. The number of hydrogen-bond acceptors (Lipinski definition) is 8. The van der Waals surface area contributed by atoms with Crippen molar-refractivity contribution in [3.8, 4) is 11.6 Å². The third-order valence-corrected chi connectivity index (χ3v) is 6.66. The fourth-order valence-corrected chi connectivity index (χ4v) is 4.76. The maximum atomic E-state index is 6.23. The van der Waals surface area contributed by atoms with Crippen LogP contribution in [0.15, 0.2) is 60.0 Å². The van der Waals surface area contributed by atoms with E-state index in [9.17, 15) is 0 Å². The van der Waals surface area contributed by atoms with Gasteiger partial charge in [-0.1, -0.05) is 6.07 Å². The predicted octanol–water partition coefficient (Wildman–Crippen LogP) is 5.80. The zero-order valence-electron chi connectivity index (χ0n) is 19.8. The smallest absolute Gasteiger partial charge is 0.242 e. The van der Waals surface area contributed by atoms with Crippen LogP contribution in [0, 0.1) is 0 Å². The summed E-state index contributed by atoms with van der Waals surface area (Å²) in [7, 11) is 2.17. The number of hydrogen-bond donors (Lipinski definition) is 2. The van der Waals surface area contributed by atoms with Crippen molar-refractivity contribution < 1.29 is 4.74 Å². The van der Waals surface area contributed by atoms with Gasteiger partial charge in [-0.2, -0.15) is 4.98 Å². The summed E-state index contributed by atoms with van der Waals surface area (Å²) in [6.07, 6.45) is 0. The summed E-state index contributed by atoms with van der Waals surface area (Å²) in [6.45, 7) is 8.51. The van der Waals surface area contributed by atoms with Crippen LogP contribution < -0.4 is 20.3 Å². The van der Waals surface area contributed by atoms with Crippen molar-refractivity contribution in [3.63, 3.8) is 0 Å². The SMILES string of the molecule is CC(C)Nc1cccc(Oc2nc(Nc3ccc(N4CCN(C)CC4)cc3)nc3ccsc23)c1. The number of piperazine rings is 1. The molecule has 0 unspecified atom stereocenters. The average Bonchev–Trinajstić information content (AvgIpc) is 3.29. The number of nitrogens with zero attached hydrogens (tertiary/aromatic N) is 4. The minimum atomic E-state index is 0.344. The second-order valence-corrected chi connectivity index (χ2v) is 9.79. The number of anilines is 4. The van der Waals surface area contributed by atoms with Crippen LogP contribution in [-0.4, -0.2) is 54.1 Å². The average molecular weight is 475 g/mol. The van der Waals surface area contributed by atoms with Crippen molar-refractivity contribution >= 4 is 44.6 Å². The van der Waals surface area contributed by atoms with Gasteiger partial charge in [0.05, 0.1) is 5.52 Å². The van der Waals surface area contributed by atoms with Crippen LogP contribution in [0.25, 0.3) is 10.2 Å². The van der Waals surface area contributed by atoms with E-state index in [1.54, 1.807) is 11.3 Å². The van der Waals surface area contributed by atoms with E-state index in [4.69, 9.17) is 14.7 Å². The molecule has 8 heteroatoms. The van der Waals surface area contributed by atoms with Gasteiger partial charge in [-0.25, -0.2) is 4.98 Å². The second kappa shape index (κ2) is 9.87. The first-order valence-corrected chi connectivity index (χ1v) is 12.5. The number of fused-ring (bicyclic) bond motifs is 1. The van der Waals surface area contributed by atoms with Crippen LogP contribution in [0.2, 0.25) is 0 Å². The van der Waals surface area contributed by atoms with Gasteiger partial charge in [0.2, 0.25) is 11.8 Å². The Labute approximate surface area is 204 Å². The normalized spacial score (nSPS) is 14.5. The Morgan fingerprint density at radius 3 is 2.50 bits per heavy atom. The van der Waals surface area contributed by atoms with Crippen LogP contribution in [0.5, 0.6) is 11.6 Å². The van der Waals surface area contributed by atoms with Crippen molar-refractivity contribution in [2.45, 2.75) is 19.9 Å². The first-order chi connectivity index (χ1) is 16.5. The highest BCUT2D eigenvalue weighted by molar-refractivity contribution is 7.17. The van der Waals surface area contributed by atoms with E-state index in [1.165, 1.54) is 5.69 Å². The highest BCUT2D eigenvalue weighted by Crippen LogP contribution is 2.34. The van der Waals surface area contributed by atoms with Gasteiger partial charge in [0.25, 0.3) is 0 Å². The molecule has 1 fully saturated rings. The van der Waals surface area contributed by atoms with Crippen LogP contribution in [-0.2, 0) is 0 Å². The Morgan fingerprint density at radius 2 is 1.74 bits per heavy atom. The van der Waals surface area contributed by atoms with Crippen molar-refractivity contribution in [3.05, 3.63) is 60.0 Å². The first kappa shape index (κ1) is 22.4. The number of likely N-dealkylation sites (N-methyl/N-ethyl adjacent to an activating group) is 1. The number of ether oxygens (including phenoxy) is 1. The zero-order chi connectivity index (χ0) is 23.5. The molecule has 0 aliphatic carbocycles. The molecule has 0 atom stereocenters. The van der Waals surface area contributed by atoms with E-state index in [-0.39, 0.29) is 0 Å². The number of aromatic nitrogens is 2. The van der Waals surface area contributed by atoms with E-state index >= 15 is 0 Å². The molecule has 1 aliphatic rings. The van der Waals surface area contributed by atoms with E-state index in [2.05, 4.69) is 65.6 Å². The summed E-state index contributed by atoms with van der Waals surface area (Å²) in [5.41, 5.74) is 4.07. The van der Waals surface area contributed by atoms with Gasteiger partial charge in [0, 0.05) is 55.3 Å². The third kappa shape index (κ3) is 5.24. The monoisotopic (exact) mass is 474 g/mol. The van der Waals surface area contributed by atoms with E-state index in [0.717, 1.165) is 53.5 Å². The van der Waals surface area contributed by atoms with Crippen molar-refractivity contribution in [1.29, 1.82) is 0 Å². The van der Waals surface area contributed by atoms with Gasteiger partial charge in [0.1, 0.15) is 10.4 Å². The molecule has 0 radical (unpaired) electrons. The Hall–Kier alpha value is -3.36. The minimum Gasteiger partial charge on any atom is -0.437 e. The van der Waals surface area contributed by atoms with Gasteiger partial charge >= 0.3 is 0 Å². The summed E-state index contributed by atoms with van der Waals surface area (Å²) in [5, 5.41) is 8.77. The lowest BCUT2D eigenvalue weighted by Gasteiger charge is -2.34. The summed E-state index contributed by atoms with van der Waals surface area (Å²) in [5.74, 6) is 1.81. The Kier molecular flexibility index (Phi) is 6.51. The molecule has 7 nitrogen and oxygen atoms in total. The Morgan fingerprint density at radius 1 is 0.941 bits per heavy atom. The molecular weight excluding hydrogens is 444 g/mol. The maximum absolute atomic E-state index is 6.23. The van der Waals surface area contributed by atoms with Crippen LogP contribution >= 0.6 is 11.3 Å². The summed E-state index contributed by atoms with van der Waals surface area (Å²) >= 11 is 1.58. The van der Waals surface area contributed by atoms with Crippen LogP contribution in [0.1, 0.15) is 13.8 Å². The number of rotatable bonds is 7. The molecule has 5 rings (SSSR count). The van der Waals surface area contributed by atoms with Gasteiger partial charge in [-0.05, 0) is 68.7 Å².